The van der Waals surface area contributed by atoms with E-state index in [2.05, 4.69) is 4.99 Å². The van der Waals surface area contributed by atoms with Gasteiger partial charge in [-0.3, -0.25) is 4.79 Å². The van der Waals surface area contributed by atoms with Crippen LogP contribution in [0.1, 0.15) is 15.9 Å². The quantitative estimate of drug-likeness (QED) is 0.534. The van der Waals surface area contributed by atoms with Crippen LogP contribution in [0.2, 0.25) is 0 Å². The van der Waals surface area contributed by atoms with Gasteiger partial charge in [0.1, 0.15) is 5.88 Å². The second kappa shape index (κ2) is 4.23. The predicted molar refractivity (Wildman–Crippen MR) is 71.8 cm³/mol. The van der Waals surface area contributed by atoms with Crippen LogP contribution in [0.3, 0.4) is 0 Å². The van der Waals surface area contributed by atoms with Crippen LogP contribution in [-0.2, 0) is 9.84 Å². The molecule has 0 spiro atoms. The number of guanidine groups is 1. The van der Waals surface area contributed by atoms with E-state index in [9.17, 15) is 13.2 Å². The molecule has 0 unspecified atom stereocenters. The van der Waals surface area contributed by atoms with Crippen molar-refractivity contribution in [2.75, 3.05) is 17.8 Å². The molecular formula is C11H14N4O3S. The minimum atomic E-state index is -3.39. The van der Waals surface area contributed by atoms with Gasteiger partial charge in [-0.15, -0.1) is 0 Å². The van der Waals surface area contributed by atoms with Crippen LogP contribution in [0.15, 0.2) is 22.0 Å². The first-order valence-corrected chi connectivity index (χ1v) is 7.10. The molecule has 0 atom stereocenters. The Hall–Kier alpha value is -2.09. The van der Waals surface area contributed by atoms with E-state index in [1.54, 1.807) is 24.9 Å². The molecule has 1 heterocycles. The lowest BCUT2D eigenvalue weighted by Gasteiger charge is -2.11. The third-order valence-corrected chi connectivity index (χ3v) is 4.60. The van der Waals surface area contributed by atoms with E-state index in [0.717, 1.165) is 0 Å². The smallest absolute Gasteiger partial charge is 0.280 e. The summed E-state index contributed by atoms with van der Waals surface area (Å²) in [6.45, 7) is 1.70. The maximum atomic E-state index is 11.9. The molecule has 0 radical (unpaired) electrons. The Morgan fingerprint density at radius 3 is 2.58 bits per heavy atom. The Morgan fingerprint density at radius 2 is 2.00 bits per heavy atom. The van der Waals surface area contributed by atoms with Crippen molar-refractivity contribution >= 4 is 27.4 Å². The molecule has 0 fully saturated rings. The summed E-state index contributed by atoms with van der Waals surface area (Å²) in [6.07, 6.45) is 0. The van der Waals surface area contributed by atoms with E-state index < -0.39 is 15.7 Å². The van der Waals surface area contributed by atoms with Gasteiger partial charge in [0, 0.05) is 12.6 Å². The maximum Gasteiger partial charge on any atom is 0.280 e. The number of anilines is 1. The SMILES string of the molecule is Cc1cc2c(cc1C(=O)N=C(N)N)S(=O)(=O)CN2C. The highest BCUT2D eigenvalue weighted by molar-refractivity contribution is 7.92. The van der Waals surface area contributed by atoms with Gasteiger partial charge in [0.25, 0.3) is 5.91 Å². The summed E-state index contributed by atoms with van der Waals surface area (Å²) < 4.78 is 23.9. The molecule has 7 nitrogen and oxygen atoms in total. The van der Waals surface area contributed by atoms with Gasteiger partial charge in [-0.25, -0.2) is 8.42 Å². The number of sulfone groups is 1. The number of nitrogens with two attached hydrogens (primary N) is 2. The van der Waals surface area contributed by atoms with Gasteiger partial charge in [-0.2, -0.15) is 4.99 Å². The number of rotatable bonds is 1. The minimum absolute atomic E-state index is 0.0955. The fourth-order valence-corrected chi connectivity index (χ4v) is 3.64. The summed E-state index contributed by atoms with van der Waals surface area (Å²) in [5.74, 6) is -1.10. The summed E-state index contributed by atoms with van der Waals surface area (Å²) in [6, 6.07) is 2.98. The zero-order chi connectivity index (χ0) is 14.4. The molecule has 19 heavy (non-hydrogen) atoms. The normalized spacial score (nSPS) is 16.0. The zero-order valence-electron chi connectivity index (χ0n) is 10.5. The minimum Gasteiger partial charge on any atom is -0.370 e. The summed E-state index contributed by atoms with van der Waals surface area (Å²) in [4.78, 5) is 17.0. The average molecular weight is 282 g/mol. The lowest BCUT2D eigenvalue weighted by molar-refractivity contribution is 0.100. The van der Waals surface area contributed by atoms with Crippen LogP contribution in [0.25, 0.3) is 0 Å². The van der Waals surface area contributed by atoms with Crippen LogP contribution in [0.4, 0.5) is 5.69 Å². The van der Waals surface area contributed by atoms with Crippen molar-refractivity contribution in [3.63, 3.8) is 0 Å². The van der Waals surface area contributed by atoms with Crippen molar-refractivity contribution in [1.82, 2.24) is 0 Å². The molecule has 1 aromatic rings. The predicted octanol–water partition coefficient (Wildman–Crippen LogP) is -0.410. The lowest BCUT2D eigenvalue weighted by Crippen LogP contribution is -2.24. The second-order valence-corrected chi connectivity index (χ2v) is 6.35. The monoisotopic (exact) mass is 282 g/mol. The first kappa shape index (κ1) is 13.3. The lowest BCUT2D eigenvalue weighted by atomic mass is 10.1. The van der Waals surface area contributed by atoms with E-state index in [1.165, 1.54) is 6.07 Å². The Labute approximate surface area is 110 Å². The number of hydrogen-bond acceptors (Lipinski definition) is 4. The number of amides is 1. The molecule has 0 saturated heterocycles. The molecule has 1 aromatic carbocycles. The molecule has 1 amide bonds. The molecule has 1 aliphatic heterocycles. The number of carbonyl (C=O) groups is 1. The van der Waals surface area contributed by atoms with Crippen molar-refractivity contribution in [3.05, 3.63) is 23.3 Å². The van der Waals surface area contributed by atoms with E-state index in [4.69, 9.17) is 11.5 Å². The second-order valence-electron chi connectivity index (χ2n) is 4.42. The fourth-order valence-electron chi connectivity index (χ4n) is 2.02. The number of aryl methyl sites for hydroxylation is 1. The van der Waals surface area contributed by atoms with Gasteiger partial charge in [0.05, 0.1) is 10.6 Å². The molecule has 0 bridgehead atoms. The van der Waals surface area contributed by atoms with Crippen molar-refractivity contribution < 1.29 is 13.2 Å². The molecule has 1 aliphatic rings. The Bertz CT molecular complexity index is 690. The number of fused-ring (bicyclic) bond motifs is 1. The largest absolute Gasteiger partial charge is 0.370 e. The summed E-state index contributed by atoms with van der Waals surface area (Å²) in [5, 5.41) is 0. The van der Waals surface area contributed by atoms with Crippen molar-refractivity contribution in [2.45, 2.75) is 11.8 Å². The van der Waals surface area contributed by atoms with Crippen LogP contribution >= 0.6 is 0 Å². The van der Waals surface area contributed by atoms with Crippen LogP contribution in [0, 0.1) is 6.92 Å². The van der Waals surface area contributed by atoms with Gasteiger partial charge in [-0.1, -0.05) is 0 Å². The van der Waals surface area contributed by atoms with Gasteiger partial charge in [0.15, 0.2) is 15.8 Å². The topological polar surface area (TPSA) is 119 Å². The average Bonchev–Trinajstić information content (AvgIpc) is 2.47. The summed E-state index contributed by atoms with van der Waals surface area (Å²) in [7, 11) is -1.71. The standard InChI is InChI=1S/C11H14N4O3S/c1-6-3-8-9(19(17,18)5-15(8)2)4-7(6)10(16)14-11(12)13/h3-4H,5H2,1-2H3,(H4,12,13,14,16). The van der Waals surface area contributed by atoms with Gasteiger partial charge < -0.3 is 16.4 Å². The Kier molecular flexibility index (Phi) is 2.97. The number of hydrogen-bond donors (Lipinski definition) is 2. The van der Waals surface area contributed by atoms with E-state index in [1.807, 2.05) is 0 Å². The highest BCUT2D eigenvalue weighted by Crippen LogP contribution is 2.35. The van der Waals surface area contributed by atoms with Crippen LogP contribution in [0.5, 0.6) is 0 Å². The molecule has 4 N–H and O–H groups in total. The Morgan fingerprint density at radius 1 is 1.37 bits per heavy atom. The highest BCUT2D eigenvalue weighted by atomic mass is 32.2. The first-order chi connectivity index (χ1) is 8.72. The van der Waals surface area contributed by atoms with Crippen LogP contribution in [-0.4, -0.2) is 33.2 Å². The van der Waals surface area contributed by atoms with Crippen molar-refractivity contribution in [2.24, 2.45) is 16.5 Å². The number of aliphatic imine (C=N–C) groups is 1. The molecule has 102 valence electrons. The first-order valence-electron chi connectivity index (χ1n) is 5.45. The molecule has 0 aliphatic carbocycles. The number of benzene rings is 1. The van der Waals surface area contributed by atoms with Gasteiger partial charge in [-0.05, 0) is 24.6 Å². The van der Waals surface area contributed by atoms with E-state index in [0.29, 0.717) is 11.3 Å². The highest BCUT2D eigenvalue weighted by Gasteiger charge is 2.31. The fraction of sp³-hybridized carbons (Fsp3) is 0.273. The molecular weight excluding hydrogens is 268 g/mol. The van der Waals surface area contributed by atoms with Crippen LogP contribution < -0.4 is 16.4 Å². The number of nitrogens with zero attached hydrogens (tertiary/aromatic N) is 2. The van der Waals surface area contributed by atoms with Gasteiger partial charge in [0.2, 0.25) is 0 Å². The molecule has 8 heteroatoms. The zero-order valence-corrected chi connectivity index (χ0v) is 11.4. The Balaban J connectivity index is 2.63. The molecule has 0 saturated carbocycles. The third kappa shape index (κ3) is 2.26. The van der Waals surface area contributed by atoms with E-state index in [-0.39, 0.29) is 22.3 Å². The van der Waals surface area contributed by atoms with Crippen molar-refractivity contribution in [1.29, 1.82) is 0 Å². The van der Waals surface area contributed by atoms with Crippen molar-refractivity contribution in [3.8, 4) is 0 Å². The number of carbonyl (C=O) groups excluding carboxylic acids is 1. The molecule has 0 aromatic heterocycles. The summed E-state index contributed by atoms with van der Waals surface area (Å²) >= 11 is 0. The molecule has 2 rings (SSSR count). The van der Waals surface area contributed by atoms with Gasteiger partial charge >= 0.3 is 0 Å². The summed E-state index contributed by atoms with van der Waals surface area (Å²) in [5.41, 5.74) is 11.7. The van der Waals surface area contributed by atoms with E-state index >= 15 is 0 Å². The maximum absolute atomic E-state index is 11.9. The third-order valence-electron chi connectivity index (χ3n) is 2.88.